The van der Waals surface area contributed by atoms with Crippen molar-refractivity contribution in [1.82, 2.24) is 15.0 Å². The fourth-order valence-electron chi connectivity index (χ4n) is 4.15. The number of aliphatic hydroxyl groups excluding tert-OH is 1. The SMILES string of the molecule is [O-]N(O)c1cccc(-c2noc(C3CC(O)CN3C3CCCCC3)n2)c1. The molecule has 0 spiro atoms. The lowest BCUT2D eigenvalue weighted by molar-refractivity contribution is 0.110. The Labute approximate surface area is 151 Å². The van der Waals surface area contributed by atoms with Crippen LogP contribution in [0.1, 0.15) is 50.5 Å². The Morgan fingerprint density at radius 1 is 1.23 bits per heavy atom. The number of rotatable bonds is 4. The minimum absolute atomic E-state index is 0.0774. The number of nitrogens with zero attached hydrogens (tertiary/aromatic N) is 4. The number of hydrogen-bond donors (Lipinski definition) is 2. The summed E-state index contributed by atoms with van der Waals surface area (Å²) < 4.78 is 5.50. The average Bonchev–Trinajstić information content (AvgIpc) is 3.29. The summed E-state index contributed by atoms with van der Waals surface area (Å²) in [6.07, 6.45) is 6.20. The van der Waals surface area contributed by atoms with Gasteiger partial charge < -0.3 is 20.1 Å². The molecule has 1 aromatic heterocycles. The van der Waals surface area contributed by atoms with Gasteiger partial charge in [0.15, 0.2) is 0 Å². The third kappa shape index (κ3) is 3.45. The van der Waals surface area contributed by atoms with Crippen molar-refractivity contribution >= 4 is 5.69 Å². The van der Waals surface area contributed by atoms with Gasteiger partial charge in [-0.1, -0.05) is 36.6 Å². The van der Waals surface area contributed by atoms with E-state index in [9.17, 15) is 10.3 Å². The Bertz CT molecular complexity index is 744. The molecule has 2 unspecified atom stereocenters. The molecule has 1 aliphatic carbocycles. The lowest BCUT2D eigenvalue weighted by Gasteiger charge is -2.33. The zero-order chi connectivity index (χ0) is 18.1. The van der Waals surface area contributed by atoms with Crippen LogP contribution in [-0.2, 0) is 0 Å². The normalized spacial score (nSPS) is 24.9. The fraction of sp³-hybridized carbons (Fsp3) is 0.556. The van der Waals surface area contributed by atoms with Crippen molar-refractivity contribution < 1.29 is 14.8 Å². The van der Waals surface area contributed by atoms with Gasteiger partial charge in [-0.05, 0) is 31.4 Å². The second-order valence-electron chi connectivity index (χ2n) is 7.17. The van der Waals surface area contributed by atoms with E-state index in [1.54, 1.807) is 12.1 Å². The van der Waals surface area contributed by atoms with Crippen LogP contribution in [0.15, 0.2) is 28.8 Å². The maximum absolute atomic E-state index is 11.1. The van der Waals surface area contributed by atoms with Crippen molar-refractivity contribution in [2.45, 2.75) is 56.7 Å². The van der Waals surface area contributed by atoms with Crippen molar-refractivity contribution in [3.8, 4) is 11.4 Å². The Balaban J connectivity index is 1.57. The lowest BCUT2D eigenvalue weighted by Crippen LogP contribution is -2.37. The predicted octanol–water partition coefficient (Wildman–Crippen LogP) is 2.87. The van der Waals surface area contributed by atoms with Crippen molar-refractivity contribution in [3.05, 3.63) is 35.4 Å². The first-order valence-corrected chi connectivity index (χ1v) is 9.16. The van der Waals surface area contributed by atoms with Crippen LogP contribution in [0.4, 0.5) is 5.69 Å². The highest BCUT2D eigenvalue weighted by Gasteiger charge is 2.39. The summed E-state index contributed by atoms with van der Waals surface area (Å²) >= 11 is 0. The van der Waals surface area contributed by atoms with E-state index in [1.165, 1.54) is 31.4 Å². The first-order chi connectivity index (χ1) is 12.6. The Hall–Kier alpha value is -2.00. The van der Waals surface area contributed by atoms with E-state index in [4.69, 9.17) is 9.73 Å². The van der Waals surface area contributed by atoms with Gasteiger partial charge in [0.05, 0.1) is 17.8 Å². The molecule has 1 saturated heterocycles. The Morgan fingerprint density at radius 3 is 2.81 bits per heavy atom. The van der Waals surface area contributed by atoms with Gasteiger partial charge in [-0.2, -0.15) is 4.98 Å². The van der Waals surface area contributed by atoms with Crippen LogP contribution in [0, 0.1) is 5.21 Å². The zero-order valence-corrected chi connectivity index (χ0v) is 14.5. The van der Waals surface area contributed by atoms with Gasteiger partial charge >= 0.3 is 0 Å². The third-order valence-corrected chi connectivity index (χ3v) is 5.41. The number of hydrogen-bond acceptors (Lipinski definition) is 8. The number of aliphatic hydroxyl groups is 1. The number of benzene rings is 1. The Kier molecular flexibility index (Phi) is 4.90. The molecule has 1 aromatic carbocycles. The van der Waals surface area contributed by atoms with Crippen molar-refractivity contribution in [1.29, 1.82) is 0 Å². The van der Waals surface area contributed by atoms with Gasteiger partial charge in [0.2, 0.25) is 11.7 Å². The van der Waals surface area contributed by atoms with Gasteiger partial charge in [-0.3, -0.25) is 10.1 Å². The maximum atomic E-state index is 11.1. The molecule has 0 bridgehead atoms. The van der Waals surface area contributed by atoms with Crippen LogP contribution < -0.4 is 5.23 Å². The molecule has 0 amide bonds. The molecule has 8 heteroatoms. The monoisotopic (exact) mass is 359 g/mol. The van der Waals surface area contributed by atoms with Crippen molar-refractivity contribution in [2.24, 2.45) is 0 Å². The largest absolute Gasteiger partial charge is 0.733 e. The molecule has 2 fully saturated rings. The van der Waals surface area contributed by atoms with Crippen LogP contribution in [0.25, 0.3) is 11.4 Å². The zero-order valence-electron chi connectivity index (χ0n) is 14.5. The van der Waals surface area contributed by atoms with Gasteiger partial charge in [-0.15, -0.1) is 0 Å². The van der Waals surface area contributed by atoms with Crippen LogP contribution in [0.2, 0.25) is 0 Å². The summed E-state index contributed by atoms with van der Waals surface area (Å²) in [6.45, 7) is 0.637. The average molecular weight is 359 g/mol. The van der Waals surface area contributed by atoms with E-state index in [-0.39, 0.29) is 23.1 Å². The second kappa shape index (κ2) is 7.32. The molecule has 26 heavy (non-hydrogen) atoms. The molecule has 140 valence electrons. The minimum Gasteiger partial charge on any atom is -0.733 e. The summed E-state index contributed by atoms with van der Waals surface area (Å²) in [6, 6.07) is 6.78. The highest BCUT2D eigenvalue weighted by Crippen LogP contribution is 2.37. The number of anilines is 1. The maximum Gasteiger partial charge on any atom is 0.244 e. The topological polar surface area (TPSA) is 109 Å². The van der Waals surface area contributed by atoms with Crippen LogP contribution in [0.3, 0.4) is 0 Å². The first kappa shape index (κ1) is 17.4. The summed E-state index contributed by atoms with van der Waals surface area (Å²) in [5.74, 6) is 0.865. The second-order valence-corrected chi connectivity index (χ2v) is 7.17. The molecule has 1 aliphatic heterocycles. The predicted molar refractivity (Wildman–Crippen MR) is 94.3 cm³/mol. The van der Waals surface area contributed by atoms with E-state index in [2.05, 4.69) is 15.0 Å². The van der Waals surface area contributed by atoms with E-state index < -0.39 is 0 Å². The summed E-state index contributed by atoms with van der Waals surface area (Å²) in [4.78, 5) is 6.82. The molecule has 2 atom stereocenters. The van der Waals surface area contributed by atoms with Crippen LogP contribution in [-0.4, -0.2) is 44.0 Å². The van der Waals surface area contributed by atoms with E-state index in [1.807, 2.05) is 0 Å². The summed E-state index contributed by atoms with van der Waals surface area (Å²) in [5, 5.41) is 34.2. The molecular formula is C18H23N4O4-. The highest BCUT2D eigenvalue weighted by molar-refractivity contribution is 5.62. The molecule has 2 heterocycles. The Morgan fingerprint density at radius 2 is 2.04 bits per heavy atom. The van der Waals surface area contributed by atoms with Crippen molar-refractivity contribution in [3.63, 3.8) is 0 Å². The minimum atomic E-state index is -0.385. The van der Waals surface area contributed by atoms with Gasteiger partial charge in [0.25, 0.3) is 0 Å². The summed E-state index contributed by atoms with van der Waals surface area (Å²) in [5.41, 5.74) is 0.698. The number of β-amino-alcohol motifs (C(OH)–C–C–N with tert-alkyl or cyclic N) is 1. The third-order valence-electron chi connectivity index (χ3n) is 5.41. The number of aromatic nitrogens is 2. The van der Waals surface area contributed by atoms with Gasteiger partial charge in [0, 0.05) is 18.2 Å². The molecule has 1 saturated carbocycles. The molecule has 0 radical (unpaired) electrons. The molecule has 2 aliphatic rings. The lowest BCUT2D eigenvalue weighted by atomic mass is 9.94. The quantitative estimate of drug-likeness (QED) is 0.802. The smallest absolute Gasteiger partial charge is 0.244 e. The van der Waals surface area contributed by atoms with E-state index in [0.29, 0.717) is 36.3 Å². The van der Waals surface area contributed by atoms with E-state index >= 15 is 0 Å². The molecule has 4 rings (SSSR count). The van der Waals surface area contributed by atoms with Gasteiger partial charge in [-0.25, -0.2) is 0 Å². The fourth-order valence-corrected chi connectivity index (χ4v) is 4.15. The summed E-state index contributed by atoms with van der Waals surface area (Å²) in [7, 11) is 0. The molecular weight excluding hydrogens is 336 g/mol. The van der Waals surface area contributed by atoms with E-state index in [0.717, 1.165) is 12.8 Å². The standard InChI is InChI=1S/C18H23N4O4/c23-15-10-16(21(11-15)13-6-2-1-3-7-13)18-19-17(20-26-18)12-5-4-8-14(9-12)22(24)25/h4-5,8-9,13,15-16,23-24H,1-3,6-7,10-11H2/q-1. The number of likely N-dealkylation sites (tertiary alicyclic amines) is 1. The van der Waals surface area contributed by atoms with Crippen LogP contribution >= 0.6 is 0 Å². The van der Waals surface area contributed by atoms with Crippen molar-refractivity contribution in [2.75, 3.05) is 11.8 Å². The van der Waals surface area contributed by atoms with Gasteiger partial charge in [0.1, 0.15) is 0 Å². The molecule has 8 nitrogen and oxygen atoms in total. The van der Waals surface area contributed by atoms with Crippen LogP contribution in [0.5, 0.6) is 0 Å². The molecule has 2 N–H and O–H groups in total. The highest BCUT2D eigenvalue weighted by atomic mass is 16.8. The molecule has 2 aromatic rings. The first-order valence-electron chi connectivity index (χ1n) is 9.16.